The van der Waals surface area contributed by atoms with Gasteiger partial charge in [-0.05, 0) is 18.1 Å². The fraction of sp³-hybridized carbons (Fsp3) is 0.700. The number of carbonyl (C=O) groups is 1. The van der Waals surface area contributed by atoms with Crippen LogP contribution in [0.3, 0.4) is 0 Å². The zero-order valence-electron chi connectivity index (χ0n) is 21.3. The number of phosphoric ester groups is 1. The second kappa shape index (κ2) is 10.3. The molecule has 3 rings (SSSR count). The highest BCUT2D eigenvalue weighted by Gasteiger charge is 2.53. The minimum absolute atomic E-state index is 0.0256. The number of rotatable bonds is 8. The first-order valence-corrected chi connectivity index (χ1v) is 16.8. The Bertz CT molecular complexity index is 1220. The molecule has 0 aliphatic carbocycles. The molecule has 1 aliphatic rings. The minimum atomic E-state index is -4.98. The van der Waals surface area contributed by atoms with Crippen LogP contribution in [0.2, 0.25) is 18.1 Å². The molecule has 2 aromatic heterocycles. The molecule has 1 amide bonds. The van der Waals surface area contributed by atoms with Gasteiger partial charge in [0, 0.05) is 5.92 Å². The van der Waals surface area contributed by atoms with Crippen LogP contribution >= 0.6 is 19.6 Å². The maximum absolute atomic E-state index is 12.6. The lowest BCUT2D eigenvalue weighted by molar-refractivity contribution is -0.118. The molecule has 0 aromatic carbocycles. The largest absolute Gasteiger partial charge is 0.470 e. The van der Waals surface area contributed by atoms with Gasteiger partial charge >= 0.3 is 7.82 Å². The number of hydrogen-bond acceptors (Lipinski definition) is 9. The smallest absolute Gasteiger partial charge is 0.410 e. The Morgan fingerprint density at radius 1 is 1.33 bits per heavy atom. The Balaban J connectivity index is 2.10. The normalized spacial score (nSPS) is 23.5. The standard InChI is InChI=1S/C20H34N5O8PSSi/c1-10(2)16(27)23-19-22-15-12(17(28)24-19)21-9-25(15)18-14(32-34(29,30)31)13(11(8-26)35-18)33-36(6,7)20(3,4)5/h9-11,13-14,18,26H,8H2,1-7H3,(H2,29,30,31)(H2,22,23,24,27,28)/t11-,13-,14-,18-/m1/s1. The predicted molar refractivity (Wildman–Crippen MR) is 138 cm³/mol. The molecule has 0 saturated carbocycles. The summed E-state index contributed by atoms with van der Waals surface area (Å²) in [7, 11) is -7.44. The van der Waals surface area contributed by atoms with Crippen molar-refractivity contribution in [3.63, 3.8) is 0 Å². The average molecular weight is 564 g/mol. The van der Waals surface area contributed by atoms with Gasteiger partial charge in [-0.25, -0.2) is 9.55 Å². The molecular weight excluding hydrogens is 529 g/mol. The van der Waals surface area contributed by atoms with Gasteiger partial charge in [0.1, 0.15) is 11.5 Å². The molecule has 0 unspecified atom stereocenters. The van der Waals surface area contributed by atoms with Gasteiger partial charge in [0.15, 0.2) is 19.5 Å². The van der Waals surface area contributed by atoms with Crippen molar-refractivity contribution in [3.05, 3.63) is 16.7 Å². The lowest BCUT2D eigenvalue weighted by Gasteiger charge is -2.40. The highest BCUT2D eigenvalue weighted by atomic mass is 32.2. The number of aliphatic hydroxyl groups is 1. The summed E-state index contributed by atoms with van der Waals surface area (Å²) in [5, 5.41) is 11.0. The summed E-state index contributed by atoms with van der Waals surface area (Å²) in [6.07, 6.45) is -0.745. The number of hydrogen-bond donors (Lipinski definition) is 5. The predicted octanol–water partition coefficient (Wildman–Crippen LogP) is 2.19. The van der Waals surface area contributed by atoms with Crippen LogP contribution < -0.4 is 10.9 Å². The number of anilines is 1. The topological polar surface area (TPSA) is 189 Å². The molecule has 0 spiro atoms. The number of imidazole rings is 1. The summed E-state index contributed by atoms with van der Waals surface area (Å²) in [5.74, 6) is -0.804. The van der Waals surface area contributed by atoms with Crippen LogP contribution in [-0.2, 0) is 18.3 Å². The number of H-pyrrole nitrogens is 1. The first kappa shape index (κ1) is 29.0. The molecule has 4 atom stereocenters. The maximum atomic E-state index is 12.6. The highest BCUT2D eigenvalue weighted by Crippen LogP contribution is 2.53. The van der Waals surface area contributed by atoms with Crippen LogP contribution in [0.1, 0.15) is 40.0 Å². The highest BCUT2D eigenvalue weighted by molar-refractivity contribution is 8.00. The van der Waals surface area contributed by atoms with Crippen molar-refractivity contribution in [3.8, 4) is 0 Å². The van der Waals surface area contributed by atoms with Gasteiger partial charge in [-0.2, -0.15) is 4.98 Å². The van der Waals surface area contributed by atoms with E-state index in [4.69, 9.17) is 8.95 Å². The minimum Gasteiger partial charge on any atom is -0.410 e. The van der Waals surface area contributed by atoms with Crippen molar-refractivity contribution in [2.75, 3.05) is 11.9 Å². The van der Waals surface area contributed by atoms with E-state index in [0.717, 1.165) is 0 Å². The fourth-order valence-corrected chi connectivity index (χ4v) is 6.97. The second-order valence-electron chi connectivity index (χ2n) is 10.5. The fourth-order valence-electron chi connectivity index (χ4n) is 3.44. The first-order chi connectivity index (χ1) is 16.4. The van der Waals surface area contributed by atoms with E-state index in [0.29, 0.717) is 0 Å². The molecule has 1 fully saturated rings. The zero-order valence-corrected chi connectivity index (χ0v) is 24.0. The van der Waals surface area contributed by atoms with Gasteiger partial charge in [0.2, 0.25) is 11.9 Å². The Hall–Kier alpha value is -1.58. The van der Waals surface area contributed by atoms with Crippen LogP contribution in [0.25, 0.3) is 11.2 Å². The van der Waals surface area contributed by atoms with E-state index in [9.17, 15) is 29.0 Å². The van der Waals surface area contributed by atoms with Crippen molar-refractivity contribution in [1.29, 1.82) is 0 Å². The van der Waals surface area contributed by atoms with E-state index in [2.05, 4.69) is 20.3 Å². The lowest BCUT2D eigenvalue weighted by Crippen LogP contribution is -2.50. The van der Waals surface area contributed by atoms with E-state index in [1.165, 1.54) is 22.7 Å². The van der Waals surface area contributed by atoms with E-state index in [1.54, 1.807) is 13.8 Å². The SMILES string of the molecule is CC(C)C(=O)Nc1nc2c(ncn2[C@@H]2S[C@H](CO)[C@@H](O[Si](C)(C)C(C)(C)C)[C@H]2OP(=O)(O)O)c(=O)[nH]1. The third-order valence-corrected chi connectivity index (χ3v) is 13.0. The number of nitrogens with one attached hydrogen (secondary N) is 2. The number of amides is 1. The second-order valence-corrected chi connectivity index (χ2v) is 17.8. The van der Waals surface area contributed by atoms with Crippen molar-refractivity contribution < 1.29 is 33.2 Å². The van der Waals surface area contributed by atoms with Gasteiger partial charge in [-0.15, -0.1) is 11.8 Å². The molecule has 16 heteroatoms. The van der Waals surface area contributed by atoms with Gasteiger partial charge in [-0.3, -0.25) is 29.0 Å². The van der Waals surface area contributed by atoms with Crippen molar-refractivity contribution in [2.45, 2.75) is 75.6 Å². The Morgan fingerprint density at radius 3 is 2.50 bits per heavy atom. The van der Waals surface area contributed by atoms with Crippen LogP contribution in [0.5, 0.6) is 0 Å². The summed E-state index contributed by atoms with van der Waals surface area (Å²) in [6.45, 7) is 13.1. The molecule has 202 valence electrons. The zero-order chi connectivity index (χ0) is 27.2. The van der Waals surface area contributed by atoms with E-state index < -0.39 is 44.5 Å². The number of nitrogens with zero attached hydrogens (tertiary/aromatic N) is 3. The number of aromatic nitrogens is 4. The van der Waals surface area contributed by atoms with Crippen molar-refractivity contribution in [2.24, 2.45) is 5.92 Å². The molecule has 1 aliphatic heterocycles. The molecule has 1 saturated heterocycles. The molecule has 3 heterocycles. The Morgan fingerprint density at radius 2 is 1.97 bits per heavy atom. The number of aliphatic hydroxyl groups excluding tert-OH is 1. The third kappa shape index (κ3) is 6.10. The summed E-state index contributed by atoms with van der Waals surface area (Å²) in [5.41, 5.74) is -0.539. The molecule has 36 heavy (non-hydrogen) atoms. The summed E-state index contributed by atoms with van der Waals surface area (Å²) in [6, 6.07) is 0. The summed E-state index contributed by atoms with van der Waals surface area (Å²) < 4.78 is 25.2. The average Bonchev–Trinajstić information content (AvgIpc) is 3.27. The number of carbonyl (C=O) groups excluding carboxylic acids is 1. The molecule has 13 nitrogen and oxygen atoms in total. The van der Waals surface area contributed by atoms with E-state index in [1.807, 2.05) is 33.9 Å². The van der Waals surface area contributed by atoms with Crippen LogP contribution in [0, 0.1) is 5.92 Å². The lowest BCUT2D eigenvalue weighted by atomic mass is 10.1. The number of phosphoric acid groups is 1. The van der Waals surface area contributed by atoms with Gasteiger partial charge < -0.3 is 19.3 Å². The van der Waals surface area contributed by atoms with Crippen LogP contribution in [-0.4, -0.2) is 72.7 Å². The van der Waals surface area contributed by atoms with Gasteiger partial charge in [-0.1, -0.05) is 34.6 Å². The van der Waals surface area contributed by atoms with Crippen LogP contribution in [0.4, 0.5) is 5.95 Å². The van der Waals surface area contributed by atoms with Crippen molar-refractivity contribution >= 4 is 50.9 Å². The Labute approximate surface area is 213 Å². The number of thioether (sulfide) groups is 1. The molecular formula is C20H34N5O8PSSi. The third-order valence-electron chi connectivity index (χ3n) is 6.43. The molecule has 0 radical (unpaired) electrons. The van der Waals surface area contributed by atoms with Crippen LogP contribution in [0.15, 0.2) is 11.1 Å². The quantitative estimate of drug-likeness (QED) is 0.234. The van der Waals surface area contributed by atoms with E-state index >= 15 is 0 Å². The number of aromatic amines is 1. The van der Waals surface area contributed by atoms with Gasteiger partial charge in [0.25, 0.3) is 5.56 Å². The molecule has 0 bridgehead atoms. The van der Waals surface area contributed by atoms with Gasteiger partial charge in [0.05, 0.1) is 24.3 Å². The monoisotopic (exact) mass is 563 g/mol. The molecule has 5 N–H and O–H groups in total. The Kier molecular flexibility index (Phi) is 8.28. The first-order valence-electron chi connectivity index (χ1n) is 11.4. The molecule has 2 aromatic rings. The number of fused-ring (bicyclic) bond motifs is 1. The van der Waals surface area contributed by atoms with Crippen molar-refractivity contribution in [1.82, 2.24) is 19.5 Å². The maximum Gasteiger partial charge on any atom is 0.470 e. The van der Waals surface area contributed by atoms with E-state index in [-0.39, 0.29) is 40.6 Å². The summed E-state index contributed by atoms with van der Waals surface area (Å²) >= 11 is 1.18. The summed E-state index contributed by atoms with van der Waals surface area (Å²) in [4.78, 5) is 55.1.